The van der Waals surface area contributed by atoms with Crippen molar-refractivity contribution < 1.29 is 90.7 Å². The molecule has 0 saturated heterocycles. The van der Waals surface area contributed by atoms with Crippen LogP contribution in [0.5, 0.6) is 0 Å². The van der Waals surface area contributed by atoms with Crippen molar-refractivity contribution >= 4 is 0 Å². The van der Waals surface area contributed by atoms with Crippen molar-refractivity contribution in [1.29, 1.82) is 0 Å². The van der Waals surface area contributed by atoms with Crippen molar-refractivity contribution in [3.05, 3.63) is 0 Å². The van der Waals surface area contributed by atoms with Gasteiger partial charge < -0.3 is 95.6 Å². The van der Waals surface area contributed by atoms with Crippen LogP contribution in [0.25, 0.3) is 0 Å². The summed E-state index contributed by atoms with van der Waals surface area (Å²) in [6.45, 7) is 22.6. The second kappa shape index (κ2) is 71.2. The van der Waals surface area contributed by atoms with Gasteiger partial charge in [0.15, 0.2) is 0 Å². The Balaban J connectivity index is 3.86. The fourth-order valence-electron chi connectivity index (χ4n) is 7.08. The lowest BCUT2D eigenvalue weighted by atomic mass is 10.0. The molecule has 20 nitrogen and oxygen atoms in total. The maximum absolute atomic E-state index is 8.65. The molecule has 0 aliphatic heterocycles. The summed E-state index contributed by atoms with van der Waals surface area (Å²) in [5, 5.41) is 17.3. The molecule has 0 aromatic carbocycles. The maximum Gasteiger partial charge on any atom is 0.0701 e. The fraction of sp³-hybridized carbons (Fsp3) is 1.00. The van der Waals surface area contributed by atoms with Crippen molar-refractivity contribution in [3.63, 3.8) is 0 Å². The predicted molar refractivity (Wildman–Crippen MR) is 289 cm³/mol. The second-order valence-corrected chi connectivity index (χ2v) is 17.6. The number of unbranched alkanes of at least 4 members (excludes halogenated alkanes) is 13. The van der Waals surface area contributed by atoms with Gasteiger partial charge in [-0.15, -0.1) is 0 Å². The molecule has 452 valence electrons. The lowest BCUT2D eigenvalue weighted by molar-refractivity contribution is -0.0258. The molecular weight excluding hydrogens is 979 g/mol. The molecule has 2 N–H and O–H groups in total. The van der Waals surface area contributed by atoms with E-state index in [1.165, 1.54) is 89.9 Å². The van der Waals surface area contributed by atoms with Gasteiger partial charge in [0.25, 0.3) is 0 Å². The molecule has 0 atom stereocenters. The summed E-state index contributed by atoms with van der Waals surface area (Å²) in [5.74, 6) is 0. The van der Waals surface area contributed by atoms with Gasteiger partial charge in [0.1, 0.15) is 0 Å². The summed E-state index contributed by atoms with van der Waals surface area (Å²) in [6.07, 6.45) is 20.1. The molecule has 20 heteroatoms. The van der Waals surface area contributed by atoms with Gasteiger partial charge in [0.2, 0.25) is 0 Å². The smallest absolute Gasteiger partial charge is 0.0701 e. The van der Waals surface area contributed by atoms with Gasteiger partial charge in [-0.3, -0.25) is 0 Å². The molecule has 0 amide bonds. The summed E-state index contributed by atoms with van der Waals surface area (Å²) < 4.78 is 94.0. The minimum Gasteiger partial charge on any atom is -0.394 e. The second-order valence-electron chi connectivity index (χ2n) is 17.6. The van der Waals surface area contributed by atoms with Crippen LogP contribution < -0.4 is 0 Å². The molecule has 0 radical (unpaired) electrons. The highest BCUT2D eigenvalue weighted by Crippen LogP contribution is 2.13. The molecule has 0 aromatic rings. The Labute approximate surface area is 455 Å². The molecule has 0 saturated carbocycles. The minimum absolute atomic E-state index is 0.0220. The van der Waals surface area contributed by atoms with E-state index in [-0.39, 0.29) is 13.2 Å². The summed E-state index contributed by atoms with van der Waals surface area (Å²) in [5.41, 5.74) is 0. The average molecular weight is 1090 g/mol. The van der Waals surface area contributed by atoms with Crippen LogP contribution in [0.2, 0.25) is 0 Å². The van der Waals surface area contributed by atoms with Gasteiger partial charge in [0.05, 0.1) is 231 Å². The van der Waals surface area contributed by atoms with Crippen LogP contribution in [0.1, 0.15) is 103 Å². The monoisotopic (exact) mass is 1090 g/mol. The lowest BCUT2D eigenvalue weighted by Gasteiger charge is -2.22. The summed E-state index contributed by atoms with van der Waals surface area (Å²) in [7, 11) is 0. The van der Waals surface area contributed by atoms with Gasteiger partial charge in [-0.2, -0.15) is 0 Å². The largest absolute Gasteiger partial charge is 0.394 e. The molecule has 0 aliphatic rings. The van der Waals surface area contributed by atoms with Crippen LogP contribution in [0.15, 0.2) is 0 Å². The van der Waals surface area contributed by atoms with E-state index < -0.39 is 0 Å². The number of nitrogens with zero attached hydrogens (tertiary/aromatic N) is 1. The van der Waals surface area contributed by atoms with Crippen molar-refractivity contribution in [1.82, 2.24) is 4.90 Å². The number of ether oxygens (including phenoxy) is 17. The highest BCUT2D eigenvalue weighted by Gasteiger charge is 2.06. The van der Waals surface area contributed by atoms with E-state index in [0.717, 1.165) is 26.1 Å². The molecule has 0 spiro atoms. The number of rotatable bonds is 71. The number of hydrogen-bond donors (Lipinski definition) is 2. The summed E-state index contributed by atoms with van der Waals surface area (Å²) >= 11 is 0. The van der Waals surface area contributed by atoms with Crippen molar-refractivity contribution in [2.24, 2.45) is 0 Å². The lowest BCUT2D eigenvalue weighted by Crippen LogP contribution is -2.31. The Morgan fingerprint density at radius 3 is 0.613 bits per heavy atom. The third kappa shape index (κ3) is 69.3. The molecule has 75 heavy (non-hydrogen) atoms. The number of hydrogen-bond acceptors (Lipinski definition) is 20. The van der Waals surface area contributed by atoms with Crippen LogP contribution >= 0.6 is 0 Å². The normalized spacial score (nSPS) is 11.8. The van der Waals surface area contributed by atoms with Gasteiger partial charge in [-0.05, 0) is 19.4 Å². The quantitative estimate of drug-likeness (QED) is 0.0731. The van der Waals surface area contributed by atoms with E-state index >= 15 is 0 Å². The van der Waals surface area contributed by atoms with Gasteiger partial charge in [-0.1, -0.05) is 90.4 Å². The molecular formula is C55H113NO19. The Morgan fingerprint density at radius 1 is 0.187 bits per heavy atom. The summed E-state index contributed by atoms with van der Waals surface area (Å²) in [4.78, 5) is 2.52. The minimum atomic E-state index is 0.0220. The van der Waals surface area contributed by atoms with E-state index in [2.05, 4.69) is 11.8 Å². The average Bonchev–Trinajstić information content (AvgIpc) is 3.42. The van der Waals surface area contributed by atoms with Crippen LogP contribution in [0.4, 0.5) is 0 Å². The molecule has 0 rings (SSSR count). The molecule has 0 unspecified atom stereocenters. The van der Waals surface area contributed by atoms with Crippen LogP contribution in [0, 0.1) is 0 Å². The van der Waals surface area contributed by atoms with Gasteiger partial charge in [0, 0.05) is 19.7 Å². The Kier molecular flexibility index (Phi) is 70.5. The van der Waals surface area contributed by atoms with E-state index in [9.17, 15) is 0 Å². The molecule has 0 aromatic heterocycles. The topological polar surface area (TPSA) is 201 Å². The van der Waals surface area contributed by atoms with Crippen molar-refractivity contribution in [2.45, 2.75) is 103 Å². The highest BCUT2D eigenvalue weighted by molar-refractivity contribution is 4.59. The van der Waals surface area contributed by atoms with E-state index in [1.807, 2.05) is 0 Å². The highest BCUT2D eigenvalue weighted by atomic mass is 16.6. The van der Waals surface area contributed by atoms with Gasteiger partial charge >= 0.3 is 0 Å². The van der Waals surface area contributed by atoms with E-state index in [0.29, 0.717) is 225 Å². The van der Waals surface area contributed by atoms with E-state index in [4.69, 9.17) is 90.7 Å². The Bertz CT molecular complexity index is 987. The SMILES string of the molecule is CCCCCCCCCCCCCCCCN(CCCOCCOCCOCCOCCOCCOCCOCCOCCO)CCOCCOCCOCCOCCOCCOCCOCCOCCOCCO. The first kappa shape index (κ1) is 74.2. The standard InChI is InChI=1S/C55H113NO19/c1-2-3-4-5-6-7-8-9-10-11-12-13-14-15-17-56(18-16-22-59-26-30-63-34-38-67-42-46-71-50-52-73-48-44-69-40-36-65-32-28-61-24-20-57)19-23-60-27-31-64-35-39-68-43-47-72-51-54-75-55-53-74-49-45-70-41-37-66-33-29-62-25-21-58/h57-58H,2-55H2,1H3. The Morgan fingerprint density at radius 2 is 0.373 bits per heavy atom. The number of aliphatic hydroxyl groups is 2. The number of aliphatic hydroxyl groups excluding tert-OH is 2. The van der Waals surface area contributed by atoms with Crippen LogP contribution in [-0.2, 0) is 80.5 Å². The fourth-order valence-corrected chi connectivity index (χ4v) is 7.08. The molecule has 0 bridgehead atoms. The third-order valence-corrected chi connectivity index (χ3v) is 11.2. The third-order valence-electron chi connectivity index (χ3n) is 11.2. The zero-order valence-electron chi connectivity index (χ0n) is 47.5. The zero-order valence-corrected chi connectivity index (χ0v) is 47.5. The first-order chi connectivity index (χ1) is 37.3. The first-order valence-electron chi connectivity index (χ1n) is 29.1. The maximum atomic E-state index is 8.65. The molecule has 0 fully saturated rings. The van der Waals surface area contributed by atoms with Crippen molar-refractivity contribution in [3.8, 4) is 0 Å². The summed E-state index contributed by atoms with van der Waals surface area (Å²) in [6, 6.07) is 0. The first-order valence-corrected chi connectivity index (χ1v) is 29.1. The molecule has 0 aliphatic carbocycles. The van der Waals surface area contributed by atoms with Crippen LogP contribution in [0.3, 0.4) is 0 Å². The predicted octanol–water partition coefficient (Wildman–Crippen LogP) is 5.43. The zero-order chi connectivity index (χ0) is 53.8. The molecule has 0 heterocycles. The van der Waals surface area contributed by atoms with Gasteiger partial charge in [-0.25, -0.2) is 0 Å². The van der Waals surface area contributed by atoms with Crippen LogP contribution in [-0.4, -0.2) is 273 Å². The van der Waals surface area contributed by atoms with E-state index in [1.54, 1.807) is 0 Å². The van der Waals surface area contributed by atoms with Crippen molar-refractivity contribution in [2.75, 3.05) is 257 Å². The Hall–Kier alpha value is -0.800.